The number of aromatic nitrogens is 2. The standard InChI is InChI=1S/C54H34N2S/c1-3-12-35(13-4-1)37-22-26-41(27-23-37)55-49-20-9-7-18-43(49)47-33-39(24-30-50(47)55)40-25-31-51-48(34-40)45-28-29-46-44-19-8-10-21-52(44)57-54(46)53(45)56(51)42-17-11-16-38(32-42)36-14-5-2-6-15-36/h1-34H. The number of rotatable bonds is 5. The molecule has 3 heteroatoms. The van der Waals surface area contributed by atoms with E-state index in [9.17, 15) is 0 Å². The van der Waals surface area contributed by atoms with Gasteiger partial charge in [0.1, 0.15) is 0 Å². The van der Waals surface area contributed by atoms with Crippen molar-refractivity contribution in [1.29, 1.82) is 0 Å². The van der Waals surface area contributed by atoms with Gasteiger partial charge in [-0.1, -0.05) is 146 Å². The van der Waals surface area contributed by atoms with Gasteiger partial charge in [0.15, 0.2) is 0 Å². The van der Waals surface area contributed by atoms with Gasteiger partial charge in [-0.2, -0.15) is 0 Å². The summed E-state index contributed by atoms with van der Waals surface area (Å²) in [6.07, 6.45) is 0. The maximum absolute atomic E-state index is 2.50. The second-order valence-corrected chi connectivity index (χ2v) is 16.0. The molecule has 0 aliphatic carbocycles. The molecule has 0 unspecified atom stereocenters. The van der Waals surface area contributed by atoms with Gasteiger partial charge >= 0.3 is 0 Å². The van der Waals surface area contributed by atoms with Crippen molar-refractivity contribution in [2.45, 2.75) is 0 Å². The molecule has 0 radical (unpaired) electrons. The predicted octanol–water partition coefficient (Wildman–Crippen LogP) is 15.2. The van der Waals surface area contributed by atoms with Crippen molar-refractivity contribution < 1.29 is 0 Å². The Kier molecular flexibility index (Phi) is 7.13. The normalized spacial score (nSPS) is 11.9. The van der Waals surface area contributed by atoms with E-state index in [1.165, 1.54) is 103 Å². The van der Waals surface area contributed by atoms with Gasteiger partial charge in [0.25, 0.3) is 0 Å². The van der Waals surface area contributed by atoms with E-state index in [-0.39, 0.29) is 0 Å². The van der Waals surface area contributed by atoms with E-state index >= 15 is 0 Å². The highest BCUT2D eigenvalue weighted by Gasteiger charge is 2.20. The lowest BCUT2D eigenvalue weighted by molar-refractivity contribution is 1.18. The van der Waals surface area contributed by atoms with Crippen LogP contribution in [0.15, 0.2) is 206 Å². The fourth-order valence-electron chi connectivity index (χ4n) is 9.05. The van der Waals surface area contributed by atoms with Crippen LogP contribution in [0, 0.1) is 0 Å². The van der Waals surface area contributed by atoms with Crippen LogP contribution in [0.3, 0.4) is 0 Å². The highest BCUT2D eigenvalue weighted by atomic mass is 32.1. The molecule has 0 amide bonds. The van der Waals surface area contributed by atoms with Crippen molar-refractivity contribution >= 4 is 75.1 Å². The number of hydrogen-bond acceptors (Lipinski definition) is 1. The van der Waals surface area contributed by atoms with E-state index in [1.54, 1.807) is 0 Å². The van der Waals surface area contributed by atoms with Gasteiger partial charge in [0.2, 0.25) is 0 Å². The van der Waals surface area contributed by atoms with Gasteiger partial charge in [-0.05, 0) is 94.0 Å². The minimum Gasteiger partial charge on any atom is -0.309 e. The molecule has 12 aromatic rings. The largest absolute Gasteiger partial charge is 0.309 e. The molecule has 0 saturated heterocycles. The number of nitrogens with zero attached hydrogens (tertiary/aromatic N) is 2. The Bertz CT molecular complexity index is 3490. The molecular formula is C54H34N2S. The molecule has 0 N–H and O–H groups in total. The van der Waals surface area contributed by atoms with Gasteiger partial charge in [-0.3, -0.25) is 0 Å². The second kappa shape index (κ2) is 12.7. The van der Waals surface area contributed by atoms with Crippen molar-refractivity contribution in [1.82, 2.24) is 9.13 Å². The minimum atomic E-state index is 1.16. The van der Waals surface area contributed by atoms with E-state index in [0.29, 0.717) is 0 Å². The minimum absolute atomic E-state index is 1.16. The summed E-state index contributed by atoms with van der Waals surface area (Å²) >= 11 is 1.90. The number of para-hydroxylation sites is 1. The van der Waals surface area contributed by atoms with Gasteiger partial charge in [0, 0.05) is 48.4 Å². The van der Waals surface area contributed by atoms with Crippen molar-refractivity contribution in [3.63, 3.8) is 0 Å². The Morgan fingerprint density at radius 3 is 1.56 bits per heavy atom. The molecular weight excluding hydrogens is 709 g/mol. The number of fused-ring (bicyclic) bond motifs is 10. The fraction of sp³-hybridized carbons (Fsp3) is 0. The fourth-order valence-corrected chi connectivity index (χ4v) is 10.3. The summed E-state index contributed by atoms with van der Waals surface area (Å²) in [5.41, 5.74) is 14.5. The van der Waals surface area contributed by atoms with Crippen LogP contribution in [0.5, 0.6) is 0 Å². The molecule has 0 bridgehead atoms. The lowest BCUT2D eigenvalue weighted by Crippen LogP contribution is -1.94. The zero-order chi connectivity index (χ0) is 37.5. The first-order valence-electron chi connectivity index (χ1n) is 19.5. The number of thiophene rings is 1. The highest BCUT2D eigenvalue weighted by molar-refractivity contribution is 7.26. The van der Waals surface area contributed by atoms with Crippen molar-refractivity contribution in [2.75, 3.05) is 0 Å². The Labute approximate surface area is 333 Å². The molecule has 0 atom stereocenters. The predicted molar refractivity (Wildman–Crippen MR) is 244 cm³/mol. The van der Waals surface area contributed by atoms with Crippen LogP contribution in [0.25, 0.3) is 109 Å². The Hall–Kier alpha value is -7.20. The maximum atomic E-state index is 2.50. The SMILES string of the molecule is c1ccc(-c2ccc(-n3c4ccccc4c4cc(-c5ccc6c(c5)c5ccc7c8ccccc8sc7c5n6-c5cccc(-c6ccccc6)c5)ccc43)cc2)cc1. The molecule has 0 fully saturated rings. The summed E-state index contributed by atoms with van der Waals surface area (Å²) in [7, 11) is 0. The smallest absolute Gasteiger partial charge is 0.0719 e. The number of benzene rings is 9. The van der Waals surface area contributed by atoms with Crippen LogP contribution in [-0.4, -0.2) is 9.13 Å². The molecule has 2 nitrogen and oxygen atoms in total. The first-order chi connectivity index (χ1) is 28.3. The lowest BCUT2D eigenvalue weighted by atomic mass is 10.0. The van der Waals surface area contributed by atoms with E-state index in [4.69, 9.17) is 0 Å². The van der Waals surface area contributed by atoms with Crippen LogP contribution in [0.2, 0.25) is 0 Å². The molecule has 0 saturated carbocycles. The zero-order valence-electron chi connectivity index (χ0n) is 30.9. The molecule has 0 aliphatic rings. The number of hydrogen-bond donors (Lipinski definition) is 0. The van der Waals surface area contributed by atoms with Crippen LogP contribution in [-0.2, 0) is 0 Å². The zero-order valence-corrected chi connectivity index (χ0v) is 31.7. The average Bonchev–Trinajstić information content (AvgIpc) is 3.94. The van der Waals surface area contributed by atoms with E-state index in [1.807, 2.05) is 11.3 Å². The summed E-state index contributed by atoms with van der Waals surface area (Å²) in [4.78, 5) is 0. The quantitative estimate of drug-likeness (QED) is 0.166. The molecule has 57 heavy (non-hydrogen) atoms. The third kappa shape index (κ3) is 5.03. The third-order valence-corrected chi connectivity index (χ3v) is 12.9. The lowest BCUT2D eigenvalue weighted by Gasteiger charge is -2.11. The Balaban J connectivity index is 1.05. The van der Waals surface area contributed by atoms with E-state index in [0.717, 1.165) is 5.69 Å². The van der Waals surface area contributed by atoms with Crippen molar-refractivity contribution in [3.05, 3.63) is 206 Å². The monoisotopic (exact) mass is 742 g/mol. The van der Waals surface area contributed by atoms with Gasteiger partial charge in [0.05, 0.1) is 26.8 Å². The van der Waals surface area contributed by atoms with Crippen LogP contribution in [0.4, 0.5) is 0 Å². The van der Waals surface area contributed by atoms with E-state index < -0.39 is 0 Å². The van der Waals surface area contributed by atoms with Crippen molar-refractivity contribution in [2.24, 2.45) is 0 Å². The molecule has 0 aliphatic heterocycles. The molecule has 266 valence electrons. The summed E-state index contributed by atoms with van der Waals surface area (Å²) in [5.74, 6) is 0. The molecule has 9 aromatic carbocycles. The summed E-state index contributed by atoms with van der Waals surface area (Å²) in [5, 5.41) is 7.66. The summed E-state index contributed by atoms with van der Waals surface area (Å²) in [6.45, 7) is 0. The molecule has 0 spiro atoms. The summed E-state index contributed by atoms with van der Waals surface area (Å²) in [6, 6.07) is 75.6. The van der Waals surface area contributed by atoms with Crippen molar-refractivity contribution in [3.8, 4) is 44.8 Å². The Morgan fingerprint density at radius 2 is 0.807 bits per heavy atom. The first kappa shape index (κ1) is 32.1. The second-order valence-electron chi connectivity index (χ2n) is 14.9. The van der Waals surface area contributed by atoms with Gasteiger partial charge in [-0.15, -0.1) is 11.3 Å². The van der Waals surface area contributed by atoms with E-state index in [2.05, 4.69) is 215 Å². The van der Waals surface area contributed by atoms with Gasteiger partial charge < -0.3 is 9.13 Å². The topological polar surface area (TPSA) is 9.86 Å². The third-order valence-electron chi connectivity index (χ3n) is 11.7. The summed E-state index contributed by atoms with van der Waals surface area (Å²) < 4.78 is 7.54. The molecule has 12 rings (SSSR count). The van der Waals surface area contributed by atoms with Crippen LogP contribution >= 0.6 is 11.3 Å². The van der Waals surface area contributed by atoms with Crippen LogP contribution < -0.4 is 0 Å². The highest BCUT2D eigenvalue weighted by Crippen LogP contribution is 2.44. The maximum Gasteiger partial charge on any atom is 0.0719 e. The Morgan fingerprint density at radius 1 is 0.281 bits per heavy atom. The van der Waals surface area contributed by atoms with Gasteiger partial charge in [-0.25, -0.2) is 0 Å². The van der Waals surface area contributed by atoms with Crippen LogP contribution in [0.1, 0.15) is 0 Å². The average molecular weight is 743 g/mol. The molecule has 3 aromatic heterocycles. The molecule has 3 heterocycles. The first-order valence-corrected chi connectivity index (χ1v) is 20.3.